The molecule has 2 aromatic rings. The molecule has 2 rings (SSSR count). The molecule has 0 fully saturated rings. The Morgan fingerprint density at radius 3 is 2.05 bits per heavy atom. The summed E-state index contributed by atoms with van der Waals surface area (Å²) >= 11 is 0. The highest BCUT2D eigenvalue weighted by molar-refractivity contribution is 5.75. The van der Waals surface area contributed by atoms with E-state index in [1.807, 2.05) is 55.6 Å². The standard InChI is InChI=1S/C18H21NO/c1-19(15-17-11-6-3-7-12-17)18(20)14-8-13-16-9-4-2-5-10-16/h2-7,9-12H,8,13-15H2,1H3. The van der Waals surface area contributed by atoms with Gasteiger partial charge in [0.25, 0.3) is 0 Å². The fraction of sp³-hybridized carbons (Fsp3) is 0.278. The molecule has 0 bridgehead atoms. The van der Waals surface area contributed by atoms with Crippen molar-refractivity contribution in [2.24, 2.45) is 0 Å². The van der Waals surface area contributed by atoms with Crippen molar-refractivity contribution >= 4 is 5.91 Å². The van der Waals surface area contributed by atoms with Crippen LogP contribution in [0.15, 0.2) is 60.7 Å². The van der Waals surface area contributed by atoms with Gasteiger partial charge in [-0.1, -0.05) is 60.7 Å². The maximum absolute atomic E-state index is 12.1. The van der Waals surface area contributed by atoms with Crippen LogP contribution in [0.2, 0.25) is 0 Å². The molecule has 0 aliphatic carbocycles. The highest BCUT2D eigenvalue weighted by Gasteiger charge is 2.08. The first-order chi connectivity index (χ1) is 9.75. The van der Waals surface area contributed by atoms with Gasteiger partial charge < -0.3 is 4.90 Å². The van der Waals surface area contributed by atoms with Crippen molar-refractivity contribution in [2.75, 3.05) is 7.05 Å². The lowest BCUT2D eigenvalue weighted by Crippen LogP contribution is -2.25. The summed E-state index contributed by atoms with van der Waals surface area (Å²) in [5.74, 6) is 0.213. The zero-order valence-corrected chi connectivity index (χ0v) is 12.0. The van der Waals surface area contributed by atoms with Gasteiger partial charge in [-0.3, -0.25) is 4.79 Å². The predicted molar refractivity (Wildman–Crippen MR) is 82.3 cm³/mol. The molecule has 0 aromatic heterocycles. The molecule has 0 saturated carbocycles. The van der Waals surface area contributed by atoms with Crippen LogP contribution in [0.3, 0.4) is 0 Å². The van der Waals surface area contributed by atoms with E-state index in [-0.39, 0.29) is 5.91 Å². The largest absolute Gasteiger partial charge is 0.341 e. The molecule has 0 aliphatic rings. The molecule has 0 radical (unpaired) electrons. The Kier molecular flexibility index (Phi) is 5.36. The molecule has 0 aliphatic heterocycles. The summed E-state index contributed by atoms with van der Waals surface area (Å²) in [7, 11) is 1.87. The van der Waals surface area contributed by atoms with Crippen molar-refractivity contribution < 1.29 is 4.79 Å². The number of nitrogens with zero attached hydrogens (tertiary/aromatic N) is 1. The van der Waals surface area contributed by atoms with Crippen LogP contribution < -0.4 is 0 Å². The molecule has 0 N–H and O–H groups in total. The molecular formula is C18H21NO. The normalized spacial score (nSPS) is 10.2. The molecule has 104 valence electrons. The SMILES string of the molecule is CN(Cc1ccccc1)C(=O)CCCc1ccccc1. The van der Waals surface area contributed by atoms with Gasteiger partial charge >= 0.3 is 0 Å². The van der Waals surface area contributed by atoms with Crippen molar-refractivity contribution in [3.8, 4) is 0 Å². The minimum Gasteiger partial charge on any atom is -0.341 e. The van der Waals surface area contributed by atoms with Crippen LogP contribution in [0.25, 0.3) is 0 Å². The third-order valence-electron chi connectivity index (χ3n) is 3.39. The Morgan fingerprint density at radius 1 is 0.900 bits per heavy atom. The Balaban J connectivity index is 1.74. The average Bonchev–Trinajstić information content (AvgIpc) is 2.49. The quantitative estimate of drug-likeness (QED) is 0.782. The van der Waals surface area contributed by atoms with Gasteiger partial charge in [-0.25, -0.2) is 0 Å². The van der Waals surface area contributed by atoms with Gasteiger partial charge in [0.1, 0.15) is 0 Å². The number of hydrogen-bond donors (Lipinski definition) is 0. The molecule has 0 unspecified atom stereocenters. The van der Waals surface area contributed by atoms with E-state index in [1.165, 1.54) is 11.1 Å². The van der Waals surface area contributed by atoms with Crippen LogP contribution >= 0.6 is 0 Å². The van der Waals surface area contributed by atoms with Crippen LogP contribution in [-0.4, -0.2) is 17.9 Å². The summed E-state index contributed by atoms with van der Waals surface area (Å²) in [6.07, 6.45) is 2.48. The Morgan fingerprint density at radius 2 is 1.45 bits per heavy atom. The average molecular weight is 267 g/mol. The minimum absolute atomic E-state index is 0.213. The van der Waals surface area contributed by atoms with Crippen LogP contribution in [0.4, 0.5) is 0 Å². The second kappa shape index (κ2) is 7.49. The van der Waals surface area contributed by atoms with E-state index >= 15 is 0 Å². The van der Waals surface area contributed by atoms with Crippen molar-refractivity contribution in [2.45, 2.75) is 25.8 Å². The first-order valence-corrected chi connectivity index (χ1v) is 7.07. The summed E-state index contributed by atoms with van der Waals surface area (Å²) in [6.45, 7) is 0.686. The maximum Gasteiger partial charge on any atom is 0.222 e. The summed E-state index contributed by atoms with van der Waals surface area (Å²) < 4.78 is 0. The lowest BCUT2D eigenvalue weighted by Gasteiger charge is -2.17. The second-order valence-electron chi connectivity index (χ2n) is 5.07. The van der Waals surface area contributed by atoms with Gasteiger partial charge in [0.2, 0.25) is 5.91 Å². The first kappa shape index (κ1) is 14.3. The maximum atomic E-state index is 12.1. The monoisotopic (exact) mass is 267 g/mol. The molecule has 2 heteroatoms. The molecule has 1 amide bonds. The van der Waals surface area contributed by atoms with E-state index in [0.717, 1.165) is 12.8 Å². The number of rotatable bonds is 6. The van der Waals surface area contributed by atoms with E-state index < -0.39 is 0 Å². The number of amides is 1. The van der Waals surface area contributed by atoms with Crippen molar-refractivity contribution in [3.63, 3.8) is 0 Å². The third kappa shape index (κ3) is 4.54. The fourth-order valence-corrected chi connectivity index (χ4v) is 2.22. The highest BCUT2D eigenvalue weighted by Crippen LogP contribution is 2.08. The van der Waals surface area contributed by atoms with E-state index in [1.54, 1.807) is 4.90 Å². The molecule has 0 heterocycles. The van der Waals surface area contributed by atoms with Crippen molar-refractivity contribution in [1.29, 1.82) is 0 Å². The summed E-state index contributed by atoms with van der Waals surface area (Å²) in [5, 5.41) is 0. The second-order valence-corrected chi connectivity index (χ2v) is 5.07. The van der Waals surface area contributed by atoms with E-state index in [9.17, 15) is 4.79 Å². The van der Waals surface area contributed by atoms with Gasteiger partial charge in [0.05, 0.1) is 0 Å². The van der Waals surface area contributed by atoms with Crippen LogP contribution in [-0.2, 0) is 17.8 Å². The van der Waals surface area contributed by atoms with E-state index in [4.69, 9.17) is 0 Å². The summed E-state index contributed by atoms with van der Waals surface area (Å²) in [4.78, 5) is 13.9. The van der Waals surface area contributed by atoms with Gasteiger partial charge in [-0.05, 0) is 24.0 Å². The molecule has 0 atom stereocenters. The summed E-state index contributed by atoms with van der Waals surface area (Å²) in [5.41, 5.74) is 2.47. The molecule has 2 aromatic carbocycles. The predicted octanol–water partition coefficient (Wildman–Crippen LogP) is 3.67. The number of aryl methyl sites for hydroxylation is 1. The lowest BCUT2D eigenvalue weighted by atomic mass is 10.1. The molecular weight excluding hydrogens is 246 g/mol. The zero-order valence-electron chi connectivity index (χ0n) is 12.0. The Bertz CT molecular complexity index is 522. The Hall–Kier alpha value is -2.09. The van der Waals surface area contributed by atoms with Crippen LogP contribution in [0.1, 0.15) is 24.0 Å². The van der Waals surface area contributed by atoms with Gasteiger partial charge in [-0.2, -0.15) is 0 Å². The molecule has 2 nitrogen and oxygen atoms in total. The van der Waals surface area contributed by atoms with Crippen LogP contribution in [0, 0.1) is 0 Å². The Labute approximate surface area is 121 Å². The van der Waals surface area contributed by atoms with Gasteiger partial charge in [0.15, 0.2) is 0 Å². The lowest BCUT2D eigenvalue weighted by molar-refractivity contribution is -0.130. The van der Waals surface area contributed by atoms with E-state index in [0.29, 0.717) is 13.0 Å². The number of hydrogen-bond acceptors (Lipinski definition) is 1. The van der Waals surface area contributed by atoms with Gasteiger partial charge in [0, 0.05) is 20.0 Å². The van der Waals surface area contributed by atoms with Crippen molar-refractivity contribution in [1.82, 2.24) is 4.90 Å². The fourth-order valence-electron chi connectivity index (χ4n) is 2.22. The van der Waals surface area contributed by atoms with E-state index in [2.05, 4.69) is 12.1 Å². The van der Waals surface area contributed by atoms with Crippen molar-refractivity contribution in [3.05, 3.63) is 71.8 Å². The smallest absolute Gasteiger partial charge is 0.222 e. The van der Waals surface area contributed by atoms with Crippen LogP contribution in [0.5, 0.6) is 0 Å². The highest BCUT2D eigenvalue weighted by atomic mass is 16.2. The molecule has 20 heavy (non-hydrogen) atoms. The molecule has 0 saturated heterocycles. The number of carbonyl (C=O) groups is 1. The number of carbonyl (C=O) groups excluding carboxylic acids is 1. The summed E-state index contributed by atoms with van der Waals surface area (Å²) in [6, 6.07) is 20.4. The first-order valence-electron chi connectivity index (χ1n) is 7.07. The van der Waals surface area contributed by atoms with Gasteiger partial charge in [-0.15, -0.1) is 0 Å². The topological polar surface area (TPSA) is 20.3 Å². The third-order valence-corrected chi connectivity index (χ3v) is 3.39. The minimum atomic E-state index is 0.213. The number of benzene rings is 2. The molecule has 0 spiro atoms. The zero-order chi connectivity index (χ0) is 14.2.